The van der Waals surface area contributed by atoms with E-state index in [0.717, 1.165) is 6.07 Å². The van der Waals surface area contributed by atoms with Gasteiger partial charge in [-0.15, -0.1) is 0 Å². The number of hydrogen-bond donors (Lipinski definition) is 1. The number of aromatic nitrogens is 1. The maximum atomic E-state index is 13.8. The van der Waals surface area contributed by atoms with Crippen molar-refractivity contribution in [3.63, 3.8) is 0 Å². The molecule has 1 heterocycles. The molecular formula is C18H15FN2O4S. The molecule has 6 nitrogen and oxygen atoms in total. The van der Waals surface area contributed by atoms with Crippen molar-refractivity contribution >= 4 is 15.7 Å². The van der Waals surface area contributed by atoms with Gasteiger partial charge in [-0.3, -0.25) is 4.72 Å². The lowest BCUT2D eigenvalue weighted by Gasteiger charge is -2.13. The summed E-state index contributed by atoms with van der Waals surface area (Å²) in [5.41, 5.74) is 0.0894. The molecule has 134 valence electrons. The molecule has 0 fully saturated rings. The number of methoxy groups -OCH3 is 1. The van der Waals surface area contributed by atoms with Gasteiger partial charge in [0.25, 0.3) is 10.0 Å². The van der Waals surface area contributed by atoms with Crippen LogP contribution in [0.5, 0.6) is 17.4 Å². The summed E-state index contributed by atoms with van der Waals surface area (Å²) in [5, 5.41) is 0. The minimum absolute atomic E-state index is 0.0394. The van der Waals surface area contributed by atoms with E-state index < -0.39 is 20.7 Å². The number of anilines is 1. The molecule has 1 N–H and O–H groups in total. The molecule has 0 saturated heterocycles. The molecule has 0 aliphatic rings. The zero-order valence-corrected chi connectivity index (χ0v) is 14.5. The normalized spacial score (nSPS) is 11.0. The smallest absolute Gasteiger partial charge is 0.264 e. The van der Waals surface area contributed by atoms with Crippen molar-refractivity contribution in [1.29, 1.82) is 0 Å². The van der Waals surface area contributed by atoms with E-state index >= 15 is 0 Å². The highest BCUT2D eigenvalue weighted by atomic mass is 32.2. The van der Waals surface area contributed by atoms with Crippen LogP contribution in [0.15, 0.2) is 71.8 Å². The van der Waals surface area contributed by atoms with Gasteiger partial charge in [-0.25, -0.2) is 17.8 Å². The molecule has 0 atom stereocenters. The highest BCUT2D eigenvalue weighted by Gasteiger charge is 2.20. The van der Waals surface area contributed by atoms with Crippen molar-refractivity contribution < 1.29 is 22.3 Å². The molecule has 0 spiro atoms. The first-order valence-electron chi connectivity index (χ1n) is 7.54. The molecule has 0 aliphatic carbocycles. The van der Waals surface area contributed by atoms with Gasteiger partial charge in [-0.1, -0.05) is 12.1 Å². The molecule has 0 aliphatic heterocycles. The number of nitrogens with one attached hydrogen (secondary N) is 1. The predicted octanol–water partition coefficient (Wildman–Crippen LogP) is 3.82. The van der Waals surface area contributed by atoms with Crippen molar-refractivity contribution in [2.75, 3.05) is 11.8 Å². The monoisotopic (exact) mass is 374 g/mol. The first-order valence-corrected chi connectivity index (χ1v) is 9.02. The Morgan fingerprint density at radius 1 is 0.962 bits per heavy atom. The molecule has 1 aromatic heterocycles. The second kappa shape index (κ2) is 7.40. The fourth-order valence-electron chi connectivity index (χ4n) is 2.17. The molecule has 3 aromatic rings. The van der Waals surface area contributed by atoms with Gasteiger partial charge in [0.15, 0.2) is 0 Å². The van der Waals surface area contributed by atoms with E-state index in [1.807, 2.05) is 0 Å². The number of ether oxygens (including phenoxy) is 2. The maximum absolute atomic E-state index is 13.8. The average Bonchev–Trinajstić information content (AvgIpc) is 2.64. The third-order valence-electron chi connectivity index (χ3n) is 3.42. The van der Waals surface area contributed by atoms with E-state index in [0.29, 0.717) is 11.5 Å². The summed E-state index contributed by atoms with van der Waals surface area (Å²) >= 11 is 0. The Kier molecular flexibility index (Phi) is 5.04. The lowest BCUT2D eigenvalue weighted by molar-refractivity contribution is 0.412. The zero-order valence-electron chi connectivity index (χ0n) is 13.7. The second-order valence-corrected chi connectivity index (χ2v) is 6.82. The molecule has 0 saturated carbocycles. The average molecular weight is 374 g/mol. The topological polar surface area (TPSA) is 77.5 Å². The van der Waals surface area contributed by atoms with Crippen molar-refractivity contribution in [1.82, 2.24) is 4.98 Å². The summed E-state index contributed by atoms with van der Waals surface area (Å²) in [6.07, 6.45) is 1.46. The Morgan fingerprint density at radius 2 is 1.65 bits per heavy atom. The number of benzene rings is 2. The number of pyridine rings is 1. The highest BCUT2D eigenvalue weighted by Crippen LogP contribution is 2.30. The highest BCUT2D eigenvalue weighted by molar-refractivity contribution is 7.92. The Hall–Kier alpha value is -3.13. The lowest BCUT2D eigenvalue weighted by Crippen LogP contribution is -2.15. The third kappa shape index (κ3) is 3.92. The summed E-state index contributed by atoms with van der Waals surface area (Å²) in [7, 11) is -2.59. The van der Waals surface area contributed by atoms with Gasteiger partial charge in [-0.05, 0) is 48.5 Å². The zero-order chi connectivity index (χ0) is 18.6. The van der Waals surface area contributed by atoms with Crippen molar-refractivity contribution in [2.45, 2.75) is 4.90 Å². The minimum Gasteiger partial charge on any atom is -0.497 e. The molecule has 2 aromatic carbocycles. The van der Waals surface area contributed by atoms with Crippen LogP contribution in [-0.2, 0) is 10.0 Å². The van der Waals surface area contributed by atoms with E-state index in [1.165, 1.54) is 30.5 Å². The number of rotatable bonds is 6. The minimum atomic E-state index is -4.13. The fraction of sp³-hybridized carbons (Fsp3) is 0.0556. The number of halogens is 1. The molecular weight excluding hydrogens is 359 g/mol. The number of nitrogens with zero attached hydrogens (tertiary/aromatic N) is 1. The molecule has 0 bridgehead atoms. The number of hydrogen-bond acceptors (Lipinski definition) is 5. The predicted molar refractivity (Wildman–Crippen MR) is 94.5 cm³/mol. The third-order valence-corrected chi connectivity index (χ3v) is 4.81. The van der Waals surface area contributed by atoms with Gasteiger partial charge >= 0.3 is 0 Å². The first-order chi connectivity index (χ1) is 12.5. The molecule has 26 heavy (non-hydrogen) atoms. The van der Waals surface area contributed by atoms with Crippen LogP contribution >= 0.6 is 0 Å². The van der Waals surface area contributed by atoms with E-state index in [2.05, 4.69) is 9.71 Å². The van der Waals surface area contributed by atoms with Crippen LogP contribution in [0.3, 0.4) is 0 Å². The standard InChI is InChI=1S/C18H15FN2O4S/c1-24-13-8-10-14(11-9-13)25-18-16(6-4-12-20-18)21-26(22,23)17-7-3-2-5-15(17)19/h2-12,21H,1H3. The molecule has 8 heteroatoms. The summed E-state index contributed by atoms with van der Waals surface area (Å²) in [6.45, 7) is 0. The van der Waals surface area contributed by atoms with E-state index in [4.69, 9.17) is 9.47 Å². The Morgan fingerprint density at radius 3 is 2.35 bits per heavy atom. The van der Waals surface area contributed by atoms with Gasteiger partial charge in [-0.2, -0.15) is 0 Å². The van der Waals surface area contributed by atoms with Gasteiger partial charge < -0.3 is 9.47 Å². The Labute approximate surface area is 150 Å². The maximum Gasteiger partial charge on any atom is 0.264 e. The molecule has 3 rings (SSSR count). The summed E-state index contributed by atoms with van der Waals surface area (Å²) in [6, 6.07) is 14.8. The largest absolute Gasteiger partial charge is 0.497 e. The second-order valence-electron chi connectivity index (χ2n) is 5.17. The molecule has 0 radical (unpaired) electrons. The SMILES string of the molecule is COc1ccc(Oc2ncccc2NS(=O)(=O)c2ccccc2F)cc1. The van der Waals surface area contributed by atoms with E-state index in [1.54, 1.807) is 37.4 Å². The first kappa shape index (κ1) is 17.7. The fourth-order valence-corrected chi connectivity index (χ4v) is 3.30. The van der Waals surface area contributed by atoms with E-state index in [9.17, 15) is 12.8 Å². The number of sulfonamides is 1. The van der Waals surface area contributed by atoms with E-state index in [-0.39, 0.29) is 11.6 Å². The van der Waals surface area contributed by atoms with Gasteiger partial charge in [0.05, 0.1) is 7.11 Å². The van der Waals surface area contributed by atoms with Crippen molar-refractivity contribution in [3.8, 4) is 17.4 Å². The van der Waals surface area contributed by atoms with Gasteiger partial charge in [0, 0.05) is 6.20 Å². The molecule has 0 amide bonds. The Balaban J connectivity index is 1.88. The van der Waals surface area contributed by atoms with Gasteiger partial charge in [0.2, 0.25) is 5.88 Å². The van der Waals surface area contributed by atoms with Crippen LogP contribution in [-0.4, -0.2) is 20.5 Å². The van der Waals surface area contributed by atoms with Crippen LogP contribution in [0.2, 0.25) is 0 Å². The van der Waals surface area contributed by atoms with Crippen LogP contribution in [0.4, 0.5) is 10.1 Å². The van der Waals surface area contributed by atoms with Crippen LogP contribution < -0.4 is 14.2 Å². The molecule has 0 unspecified atom stereocenters. The van der Waals surface area contributed by atoms with Crippen molar-refractivity contribution in [2.24, 2.45) is 0 Å². The van der Waals surface area contributed by atoms with Gasteiger partial charge in [0.1, 0.15) is 27.9 Å². The van der Waals surface area contributed by atoms with Crippen LogP contribution in [0.1, 0.15) is 0 Å². The van der Waals surface area contributed by atoms with Crippen molar-refractivity contribution in [3.05, 3.63) is 72.7 Å². The summed E-state index contributed by atoms with van der Waals surface area (Å²) < 4.78 is 51.8. The van der Waals surface area contributed by atoms with Crippen LogP contribution in [0.25, 0.3) is 0 Å². The quantitative estimate of drug-likeness (QED) is 0.710. The summed E-state index contributed by atoms with van der Waals surface area (Å²) in [5.74, 6) is 0.286. The lowest BCUT2D eigenvalue weighted by atomic mass is 10.3. The van der Waals surface area contributed by atoms with Crippen LogP contribution in [0, 0.1) is 5.82 Å². The summed E-state index contributed by atoms with van der Waals surface area (Å²) in [4.78, 5) is 3.58. The Bertz CT molecular complexity index is 1010.